The van der Waals surface area contributed by atoms with Crippen molar-refractivity contribution in [2.75, 3.05) is 4.90 Å². The van der Waals surface area contributed by atoms with Crippen LogP contribution in [0, 0.1) is 0 Å². The molecule has 0 N–H and O–H groups in total. The van der Waals surface area contributed by atoms with Crippen molar-refractivity contribution >= 4 is 28.4 Å². The number of aromatic nitrogens is 1. The summed E-state index contributed by atoms with van der Waals surface area (Å²) in [6.45, 7) is 0. The summed E-state index contributed by atoms with van der Waals surface area (Å²) in [4.78, 5) is 32.2. The molecule has 0 radical (unpaired) electrons. The van der Waals surface area contributed by atoms with Crippen molar-refractivity contribution in [2.45, 2.75) is 12.8 Å². The Hall–Kier alpha value is -3.79. The molecule has 0 atom stereocenters. The van der Waals surface area contributed by atoms with E-state index in [9.17, 15) is 9.59 Å². The molecule has 0 unspecified atom stereocenters. The van der Waals surface area contributed by atoms with E-state index in [0.29, 0.717) is 23.2 Å². The summed E-state index contributed by atoms with van der Waals surface area (Å²) < 4.78 is 0. The summed E-state index contributed by atoms with van der Waals surface area (Å²) >= 11 is 0. The summed E-state index contributed by atoms with van der Waals surface area (Å²) in [6.07, 6.45) is 1.42. The number of nitrogens with zero attached hydrogens (tertiary/aromatic N) is 2. The van der Waals surface area contributed by atoms with Gasteiger partial charge in [-0.2, -0.15) is 0 Å². The van der Waals surface area contributed by atoms with Crippen LogP contribution in [0.1, 0.15) is 32.0 Å². The molecule has 0 aliphatic carbocycles. The number of hydrogen-bond donors (Lipinski definition) is 0. The largest absolute Gasteiger partial charge is 0.268 e. The van der Waals surface area contributed by atoms with Gasteiger partial charge in [0.25, 0.3) is 11.8 Å². The number of para-hydroxylation sites is 1. The Bertz CT molecular complexity index is 1210. The SMILES string of the molecule is O=C1c2ccccc2C(=O)N1c1cc2ccccc2nc1CCc1ccccc1. The van der Waals surface area contributed by atoms with E-state index in [0.717, 1.165) is 23.0 Å². The van der Waals surface area contributed by atoms with Gasteiger partial charge in [-0.05, 0) is 42.7 Å². The standard InChI is InChI=1S/C25H18N2O2/c28-24-19-11-5-6-12-20(19)25(29)27(24)23-16-18-10-4-7-13-21(18)26-22(23)15-14-17-8-2-1-3-9-17/h1-13,16H,14-15H2. The summed E-state index contributed by atoms with van der Waals surface area (Å²) in [5, 5.41) is 0.905. The number of fused-ring (bicyclic) bond motifs is 2. The second-order valence-electron chi connectivity index (χ2n) is 7.12. The number of anilines is 1. The van der Waals surface area contributed by atoms with Crippen molar-refractivity contribution in [3.8, 4) is 0 Å². The first-order chi connectivity index (χ1) is 14.2. The minimum atomic E-state index is -0.288. The lowest BCUT2D eigenvalue weighted by atomic mass is 10.0. The fraction of sp³-hybridized carbons (Fsp3) is 0.0800. The lowest BCUT2D eigenvalue weighted by molar-refractivity contribution is 0.0926. The summed E-state index contributed by atoms with van der Waals surface area (Å²) in [6, 6.07) is 26.8. The van der Waals surface area contributed by atoms with Crippen LogP contribution in [0.2, 0.25) is 0 Å². The predicted octanol–water partition coefficient (Wildman–Crippen LogP) is 4.82. The highest BCUT2D eigenvalue weighted by molar-refractivity contribution is 6.34. The number of benzene rings is 3. The van der Waals surface area contributed by atoms with E-state index in [4.69, 9.17) is 4.98 Å². The summed E-state index contributed by atoms with van der Waals surface area (Å²) in [5.41, 5.74) is 4.26. The van der Waals surface area contributed by atoms with Crippen molar-refractivity contribution < 1.29 is 9.59 Å². The number of amides is 2. The van der Waals surface area contributed by atoms with E-state index in [1.165, 1.54) is 10.5 Å². The molecule has 2 amide bonds. The molecule has 1 aliphatic rings. The Morgan fingerprint density at radius 3 is 2.03 bits per heavy atom. The van der Waals surface area contributed by atoms with Gasteiger partial charge in [-0.25, -0.2) is 4.90 Å². The minimum absolute atomic E-state index is 0.288. The fourth-order valence-electron chi connectivity index (χ4n) is 3.84. The predicted molar refractivity (Wildman–Crippen MR) is 113 cm³/mol. The molecular weight excluding hydrogens is 360 g/mol. The molecule has 0 spiro atoms. The molecule has 3 aromatic carbocycles. The van der Waals surface area contributed by atoms with Crippen LogP contribution in [-0.4, -0.2) is 16.8 Å². The molecular formula is C25H18N2O2. The van der Waals surface area contributed by atoms with Crippen molar-refractivity contribution in [1.82, 2.24) is 4.98 Å². The first-order valence-corrected chi connectivity index (χ1v) is 9.63. The molecule has 5 rings (SSSR count). The van der Waals surface area contributed by atoms with E-state index >= 15 is 0 Å². The smallest absolute Gasteiger partial charge is 0.266 e. The Morgan fingerprint density at radius 2 is 1.31 bits per heavy atom. The number of pyridine rings is 1. The number of aryl methyl sites for hydroxylation is 2. The highest BCUT2D eigenvalue weighted by Gasteiger charge is 2.37. The number of hydrogen-bond acceptors (Lipinski definition) is 3. The Kier molecular flexibility index (Phi) is 4.17. The maximum atomic E-state index is 13.0. The van der Waals surface area contributed by atoms with Gasteiger partial charge in [-0.15, -0.1) is 0 Å². The first kappa shape index (κ1) is 17.3. The van der Waals surface area contributed by atoms with Crippen molar-refractivity contribution in [2.24, 2.45) is 0 Å². The van der Waals surface area contributed by atoms with Crippen LogP contribution in [0.3, 0.4) is 0 Å². The third kappa shape index (κ3) is 2.99. The van der Waals surface area contributed by atoms with Gasteiger partial charge < -0.3 is 0 Å². The third-order valence-corrected chi connectivity index (χ3v) is 5.31. The van der Waals surface area contributed by atoms with Gasteiger partial charge in [0.2, 0.25) is 0 Å². The monoisotopic (exact) mass is 378 g/mol. The normalized spacial score (nSPS) is 13.2. The molecule has 29 heavy (non-hydrogen) atoms. The van der Waals surface area contributed by atoms with Gasteiger partial charge in [0, 0.05) is 5.39 Å². The van der Waals surface area contributed by atoms with E-state index in [-0.39, 0.29) is 11.8 Å². The quantitative estimate of drug-likeness (QED) is 0.478. The molecule has 2 heterocycles. The van der Waals surface area contributed by atoms with Crippen LogP contribution in [0.4, 0.5) is 5.69 Å². The highest BCUT2D eigenvalue weighted by atomic mass is 16.2. The lowest BCUT2D eigenvalue weighted by Gasteiger charge is -2.18. The first-order valence-electron chi connectivity index (χ1n) is 9.63. The fourth-order valence-corrected chi connectivity index (χ4v) is 3.84. The Labute approximate surface area is 168 Å². The van der Waals surface area contributed by atoms with Gasteiger partial charge in [0.1, 0.15) is 0 Å². The van der Waals surface area contributed by atoms with Crippen LogP contribution < -0.4 is 4.90 Å². The molecule has 1 aliphatic heterocycles. The van der Waals surface area contributed by atoms with Gasteiger partial charge in [-0.1, -0.05) is 60.7 Å². The second kappa shape index (κ2) is 6.99. The van der Waals surface area contributed by atoms with Crippen molar-refractivity contribution in [3.63, 3.8) is 0 Å². The zero-order chi connectivity index (χ0) is 19.8. The summed E-state index contributed by atoms with van der Waals surface area (Å²) in [5.74, 6) is -0.577. The maximum Gasteiger partial charge on any atom is 0.266 e. The molecule has 0 fully saturated rings. The van der Waals surface area contributed by atoms with Gasteiger partial charge >= 0.3 is 0 Å². The van der Waals surface area contributed by atoms with Gasteiger partial charge in [0.15, 0.2) is 0 Å². The topological polar surface area (TPSA) is 50.3 Å². The maximum absolute atomic E-state index is 13.0. The van der Waals surface area contributed by atoms with E-state index < -0.39 is 0 Å². The molecule has 0 bridgehead atoms. The molecule has 4 nitrogen and oxygen atoms in total. The summed E-state index contributed by atoms with van der Waals surface area (Å²) in [7, 11) is 0. The van der Waals surface area contributed by atoms with Crippen LogP contribution in [0.25, 0.3) is 10.9 Å². The third-order valence-electron chi connectivity index (χ3n) is 5.31. The number of rotatable bonds is 4. The zero-order valence-corrected chi connectivity index (χ0v) is 15.7. The van der Waals surface area contributed by atoms with E-state index in [1.54, 1.807) is 24.3 Å². The molecule has 0 saturated carbocycles. The van der Waals surface area contributed by atoms with Gasteiger partial charge in [0.05, 0.1) is 28.0 Å². The van der Waals surface area contributed by atoms with Crippen LogP contribution in [-0.2, 0) is 12.8 Å². The van der Waals surface area contributed by atoms with E-state index in [1.807, 2.05) is 48.5 Å². The highest BCUT2D eigenvalue weighted by Crippen LogP contribution is 2.32. The molecule has 140 valence electrons. The average molecular weight is 378 g/mol. The number of imide groups is 1. The lowest BCUT2D eigenvalue weighted by Crippen LogP contribution is -2.30. The van der Waals surface area contributed by atoms with E-state index in [2.05, 4.69) is 12.1 Å². The number of carbonyl (C=O) groups is 2. The van der Waals surface area contributed by atoms with Crippen LogP contribution >= 0.6 is 0 Å². The molecule has 0 saturated heterocycles. The molecule has 1 aromatic heterocycles. The van der Waals surface area contributed by atoms with Crippen LogP contribution in [0.5, 0.6) is 0 Å². The van der Waals surface area contributed by atoms with Crippen LogP contribution in [0.15, 0.2) is 84.9 Å². The molecule has 4 aromatic rings. The second-order valence-corrected chi connectivity index (χ2v) is 7.12. The zero-order valence-electron chi connectivity index (χ0n) is 15.7. The average Bonchev–Trinajstić information content (AvgIpc) is 3.03. The van der Waals surface area contributed by atoms with Crippen molar-refractivity contribution in [3.05, 3.63) is 107 Å². The number of carbonyl (C=O) groups excluding carboxylic acids is 2. The van der Waals surface area contributed by atoms with Gasteiger partial charge in [-0.3, -0.25) is 14.6 Å². The Morgan fingerprint density at radius 1 is 0.690 bits per heavy atom. The minimum Gasteiger partial charge on any atom is -0.268 e. The molecule has 4 heteroatoms. The Balaban J connectivity index is 1.60. The van der Waals surface area contributed by atoms with Crippen molar-refractivity contribution in [1.29, 1.82) is 0 Å².